The van der Waals surface area contributed by atoms with Crippen molar-refractivity contribution in [2.45, 2.75) is 25.0 Å². The Morgan fingerprint density at radius 2 is 2.09 bits per heavy atom. The van der Waals surface area contributed by atoms with Crippen molar-refractivity contribution >= 4 is 51.8 Å². The molecule has 8 nitrogen and oxygen atoms in total. The number of nitrogens with zero attached hydrogens (tertiary/aromatic N) is 4. The number of hydrogen-bond acceptors (Lipinski definition) is 7. The van der Waals surface area contributed by atoms with E-state index in [0.717, 1.165) is 16.3 Å². The Labute approximate surface area is 202 Å². The van der Waals surface area contributed by atoms with Crippen molar-refractivity contribution in [1.29, 1.82) is 0 Å². The monoisotopic (exact) mass is 501 g/mol. The fraction of sp³-hybridized carbons (Fsp3) is 0.227. The van der Waals surface area contributed by atoms with Crippen LogP contribution >= 0.6 is 34.7 Å². The Kier molecular flexibility index (Phi) is 6.96. The Balaban J connectivity index is 1.79. The van der Waals surface area contributed by atoms with E-state index >= 15 is 0 Å². The predicted octanol–water partition coefficient (Wildman–Crippen LogP) is 4.92. The SMILES string of the molecule is CSc1ncc2cc(-c3ccc(-c4csc(C)n4)cc3Cl)c(=O)n(CCCNC(=O)O)c2n1. The highest BCUT2D eigenvalue weighted by Gasteiger charge is 2.16. The van der Waals surface area contributed by atoms with E-state index in [0.29, 0.717) is 45.3 Å². The Morgan fingerprint density at radius 1 is 1.27 bits per heavy atom. The first-order valence-electron chi connectivity index (χ1n) is 10.0. The molecule has 3 aromatic heterocycles. The van der Waals surface area contributed by atoms with Crippen LogP contribution in [0, 0.1) is 6.92 Å². The van der Waals surface area contributed by atoms with Crippen LogP contribution in [0.15, 0.2) is 45.8 Å². The van der Waals surface area contributed by atoms with E-state index in [1.54, 1.807) is 28.2 Å². The maximum absolute atomic E-state index is 13.5. The molecular weight excluding hydrogens is 482 g/mol. The molecule has 1 aromatic carbocycles. The highest BCUT2D eigenvalue weighted by Crippen LogP contribution is 2.32. The van der Waals surface area contributed by atoms with Gasteiger partial charge in [0.25, 0.3) is 5.56 Å². The van der Waals surface area contributed by atoms with Gasteiger partial charge in [0.15, 0.2) is 5.16 Å². The van der Waals surface area contributed by atoms with Crippen LogP contribution in [0.1, 0.15) is 11.4 Å². The largest absolute Gasteiger partial charge is 0.465 e. The topological polar surface area (TPSA) is 110 Å². The molecule has 0 fully saturated rings. The lowest BCUT2D eigenvalue weighted by molar-refractivity contribution is 0.194. The van der Waals surface area contributed by atoms with Gasteiger partial charge in [-0.15, -0.1) is 11.3 Å². The van der Waals surface area contributed by atoms with Crippen molar-refractivity contribution in [3.8, 4) is 22.4 Å². The van der Waals surface area contributed by atoms with Crippen LogP contribution in [0.4, 0.5) is 4.79 Å². The number of pyridine rings is 1. The number of thiazole rings is 1. The average Bonchev–Trinajstić information content (AvgIpc) is 3.23. The maximum atomic E-state index is 13.5. The molecule has 0 saturated heterocycles. The van der Waals surface area contributed by atoms with Crippen molar-refractivity contribution in [3.63, 3.8) is 0 Å². The molecule has 0 aliphatic rings. The second-order valence-electron chi connectivity index (χ2n) is 7.18. The van der Waals surface area contributed by atoms with Crippen LogP contribution in [0.25, 0.3) is 33.4 Å². The molecule has 0 radical (unpaired) electrons. The fourth-order valence-electron chi connectivity index (χ4n) is 3.46. The number of aromatic nitrogens is 4. The molecule has 0 aliphatic carbocycles. The number of carbonyl (C=O) groups is 1. The predicted molar refractivity (Wildman–Crippen MR) is 133 cm³/mol. The molecule has 1 amide bonds. The quantitative estimate of drug-likeness (QED) is 0.210. The summed E-state index contributed by atoms with van der Waals surface area (Å²) in [4.78, 5) is 37.6. The molecule has 0 spiro atoms. The summed E-state index contributed by atoms with van der Waals surface area (Å²) in [5.41, 5.74) is 3.00. The van der Waals surface area contributed by atoms with E-state index in [1.165, 1.54) is 11.8 Å². The lowest BCUT2D eigenvalue weighted by atomic mass is 10.0. The number of halogens is 1. The normalized spacial score (nSPS) is 11.1. The molecule has 3 heterocycles. The van der Waals surface area contributed by atoms with E-state index in [2.05, 4.69) is 20.3 Å². The minimum atomic E-state index is -1.10. The lowest BCUT2D eigenvalue weighted by Crippen LogP contribution is -2.27. The summed E-state index contributed by atoms with van der Waals surface area (Å²) in [6.45, 7) is 2.46. The minimum Gasteiger partial charge on any atom is -0.465 e. The zero-order chi connectivity index (χ0) is 23.5. The summed E-state index contributed by atoms with van der Waals surface area (Å²) in [6.07, 6.45) is 2.87. The van der Waals surface area contributed by atoms with Gasteiger partial charge >= 0.3 is 6.09 Å². The highest BCUT2D eigenvalue weighted by molar-refractivity contribution is 7.98. The van der Waals surface area contributed by atoms with Gasteiger partial charge in [0.05, 0.1) is 10.7 Å². The Hall–Kier alpha value is -2.95. The molecule has 33 heavy (non-hydrogen) atoms. The first-order chi connectivity index (χ1) is 15.9. The maximum Gasteiger partial charge on any atom is 0.404 e. The van der Waals surface area contributed by atoms with Crippen LogP contribution in [0.2, 0.25) is 5.02 Å². The first-order valence-corrected chi connectivity index (χ1v) is 12.5. The van der Waals surface area contributed by atoms with Crippen LogP contribution in [0.5, 0.6) is 0 Å². The number of rotatable bonds is 7. The molecular formula is C22H20ClN5O3S2. The number of thioether (sulfide) groups is 1. The van der Waals surface area contributed by atoms with Crippen molar-refractivity contribution < 1.29 is 9.90 Å². The van der Waals surface area contributed by atoms with Crippen molar-refractivity contribution in [1.82, 2.24) is 24.8 Å². The molecule has 4 aromatic rings. The van der Waals surface area contributed by atoms with Gasteiger partial charge in [0, 0.05) is 51.8 Å². The average molecular weight is 502 g/mol. The Morgan fingerprint density at radius 3 is 2.76 bits per heavy atom. The van der Waals surface area contributed by atoms with Crippen LogP contribution in [0.3, 0.4) is 0 Å². The van der Waals surface area contributed by atoms with E-state index in [1.807, 2.05) is 36.8 Å². The summed E-state index contributed by atoms with van der Waals surface area (Å²) in [6, 6.07) is 7.28. The summed E-state index contributed by atoms with van der Waals surface area (Å²) >= 11 is 9.56. The number of carboxylic acid groups (broad SMARTS) is 1. The molecule has 0 bridgehead atoms. The zero-order valence-corrected chi connectivity index (χ0v) is 20.2. The molecule has 0 aliphatic heterocycles. The molecule has 170 valence electrons. The van der Waals surface area contributed by atoms with Gasteiger partial charge in [-0.25, -0.2) is 19.7 Å². The molecule has 0 unspecified atom stereocenters. The van der Waals surface area contributed by atoms with Crippen LogP contribution in [-0.2, 0) is 6.54 Å². The lowest BCUT2D eigenvalue weighted by Gasteiger charge is -2.14. The number of amides is 1. The molecule has 0 atom stereocenters. The summed E-state index contributed by atoms with van der Waals surface area (Å²) in [5, 5.41) is 15.8. The van der Waals surface area contributed by atoms with Crippen molar-refractivity contribution in [2.75, 3.05) is 12.8 Å². The second-order valence-corrected chi connectivity index (χ2v) is 9.43. The van der Waals surface area contributed by atoms with Crippen LogP contribution < -0.4 is 10.9 Å². The molecule has 2 N–H and O–H groups in total. The zero-order valence-electron chi connectivity index (χ0n) is 17.8. The Bertz CT molecular complexity index is 1400. The number of hydrogen-bond donors (Lipinski definition) is 2. The number of fused-ring (bicyclic) bond motifs is 1. The molecule has 4 rings (SSSR count). The van der Waals surface area contributed by atoms with E-state index < -0.39 is 6.09 Å². The van der Waals surface area contributed by atoms with Gasteiger partial charge in [0.1, 0.15) is 5.65 Å². The van der Waals surface area contributed by atoms with Gasteiger partial charge in [-0.3, -0.25) is 9.36 Å². The third-order valence-electron chi connectivity index (χ3n) is 5.00. The third-order valence-corrected chi connectivity index (χ3v) is 6.64. The van der Waals surface area contributed by atoms with Gasteiger partial charge in [-0.05, 0) is 31.7 Å². The standard InChI is InChI=1S/C22H20ClN5O3S2/c1-12-26-18(11-33-12)13-4-5-15(17(23)9-13)16-8-14-10-25-21(32-2)27-19(14)28(20(16)29)7-3-6-24-22(30)31/h4-5,8-11,24H,3,6-7H2,1-2H3,(H,30,31). The minimum absolute atomic E-state index is 0.219. The number of nitrogens with one attached hydrogen (secondary N) is 1. The third kappa shape index (κ3) is 5.02. The van der Waals surface area contributed by atoms with Gasteiger partial charge in [0.2, 0.25) is 0 Å². The summed E-state index contributed by atoms with van der Waals surface area (Å²) < 4.78 is 1.56. The highest BCUT2D eigenvalue weighted by atomic mass is 35.5. The number of aryl methyl sites for hydroxylation is 2. The van der Waals surface area contributed by atoms with Gasteiger partial charge in [-0.1, -0.05) is 35.5 Å². The van der Waals surface area contributed by atoms with E-state index in [-0.39, 0.29) is 12.1 Å². The molecule has 0 saturated carbocycles. The number of benzene rings is 1. The fourth-order valence-corrected chi connectivity index (χ4v) is 4.70. The first kappa shape index (κ1) is 23.2. The van der Waals surface area contributed by atoms with Gasteiger partial charge in [-0.2, -0.15) is 0 Å². The van der Waals surface area contributed by atoms with E-state index in [9.17, 15) is 9.59 Å². The summed E-state index contributed by atoms with van der Waals surface area (Å²) in [5.74, 6) is 0. The smallest absolute Gasteiger partial charge is 0.404 e. The molecule has 11 heteroatoms. The van der Waals surface area contributed by atoms with Gasteiger partial charge < -0.3 is 10.4 Å². The van der Waals surface area contributed by atoms with Crippen molar-refractivity contribution in [3.05, 3.63) is 56.2 Å². The second kappa shape index (κ2) is 9.90. The van der Waals surface area contributed by atoms with E-state index in [4.69, 9.17) is 16.7 Å². The van der Waals surface area contributed by atoms with Crippen molar-refractivity contribution in [2.24, 2.45) is 0 Å². The summed E-state index contributed by atoms with van der Waals surface area (Å²) in [7, 11) is 0. The van der Waals surface area contributed by atoms with Crippen LogP contribution in [-0.4, -0.2) is 43.5 Å².